The smallest absolute Gasteiger partial charge is 0.224 e. The van der Waals surface area contributed by atoms with E-state index >= 15 is 0 Å². The van der Waals surface area contributed by atoms with Crippen LogP contribution in [0, 0.1) is 12.8 Å². The Balaban J connectivity index is 1.30. The number of likely N-dealkylation sites (tertiary alicyclic amines) is 1. The van der Waals surface area contributed by atoms with E-state index in [0.717, 1.165) is 56.0 Å². The van der Waals surface area contributed by atoms with E-state index in [1.807, 2.05) is 43.6 Å². The Morgan fingerprint density at radius 2 is 1.91 bits per heavy atom. The van der Waals surface area contributed by atoms with Crippen molar-refractivity contribution < 1.29 is 4.79 Å². The first kappa shape index (κ1) is 22.8. The molecular formula is C25H28Cl2N4O. The van der Waals surface area contributed by atoms with Crippen LogP contribution >= 0.6 is 23.2 Å². The molecule has 5 nitrogen and oxygen atoms in total. The van der Waals surface area contributed by atoms with Gasteiger partial charge in [0.2, 0.25) is 5.91 Å². The lowest BCUT2D eigenvalue weighted by Gasteiger charge is -2.32. The zero-order valence-electron chi connectivity index (χ0n) is 18.2. The topological polar surface area (TPSA) is 50.2 Å². The van der Waals surface area contributed by atoms with Crippen LogP contribution in [0.5, 0.6) is 0 Å². The molecule has 3 aromatic rings. The standard InChI is InChI=1S/C25H28Cl2N4O/c1-18-28-9-11-31(18)16-20-5-2-4-19(12-20)14-29-25(32)22-6-3-10-30(17-22)15-21-7-8-23(26)24(27)13-21/h2,4-5,7-9,11-13,22H,3,6,10,14-17H2,1H3,(H,29,32). The molecule has 0 spiro atoms. The third-order valence-electron chi connectivity index (χ3n) is 6.00. The molecule has 32 heavy (non-hydrogen) atoms. The third kappa shape index (κ3) is 5.91. The maximum atomic E-state index is 12.9. The van der Waals surface area contributed by atoms with Crippen molar-refractivity contribution in [3.05, 3.63) is 87.4 Å². The van der Waals surface area contributed by atoms with Crippen LogP contribution in [0.25, 0.3) is 0 Å². The Kier molecular flexibility index (Phi) is 7.51. The Labute approximate surface area is 199 Å². The van der Waals surface area contributed by atoms with Gasteiger partial charge in [0, 0.05) is 38.6 Å². The maximum Gasteiger partial charge on any atom is 0.224 e. The second-order valence-corrected chi connectivity index (χ2v) is 9.28. The molecule has 7 heteroatoms. The number of hydrogen-bond donors (Lipinski definition) is 1. The second kappa shape index (κ2) is 10.5. The molecule has 1 fully saturated rings. The van der Waals surface area contributed by atoms with Gasteiger partial charge in [-0.25, -0.2) is 4.98 Å². The van der Waals surface area contributed by atoms with Gasteiger partial charge < -0.3 is 9.88 Å². The normalized spacial score (nSPS) is 16.8. The van der Waals surface area contributed by atoms with Crippen LogP contribution in [0.1, 0.15) is 35.4 Å². The van der Waals surface area contributed by atoms with E-state index in [1.54, 1.807) is 0 Å². The highest BCUT2D eigenvalue weighted by Gasteiger charge is 2.25. The molecule has 1 saturated heterocycles. The van der Waals surface area contributed by atoms with Crippen molar-refractivity contribution in [1.82, 2.24) is 19.8 Å². The summed E-state index contributed by atoms with van der Waals surface area (Å²) in [4.78, 5) is 19.5. The first-order chi connectivity index (χ1) is 15.5. The number of benzene rings is 2. The predicted molar refractivity (Wildman–Crippen MR) is 129 cm³/mol. The van der Waals surface area contributed by atoms with Gasteiger partial charge in [0.15, 0.2) is 0 Å². The second-order valence-electron chi connectivity index (χ2n) is 8.46. The van der Waals surface area contributed by atoms with Crippen LogP contribution in [-0.4, -0.2) is 33.4 Å². The van der Waals surface area contributed by atoms with E-state index in [2.05, 4.69) is 38.0 Å². The molecule has 1 aromatic heterocycles. The average Bonchev–Trinajstić information content (AvgIpc) is 3.19. The molecule has 1 amide bonds. The highest BCUT2D eigenvalue weighted by atomic mass is 35.5. The first-order valence-corrected chi connectivity index (χ1v) is 11.7. The van der Waals surface area contributed by atoms with Crippen molar-refractivity contribution >= 4 is 29.1 Å². The van der Waals surface area contributed by atoms with Gasteiger partial charge in [-0.05, 0) is 55.1 Å². The number of carbonyl (C=O) groups is 1. The highest BCUT2D eigenvalue weighted by Crippen LogP contribution is 2.25. The number of nitrogens with one attached hydrogen (secondary N) is 1. The minimum Gasteiger partial charge on any atom is -0.352 e. The lowest BCUT2D eigenvalue weighted by molar-refractivity contribution is -0.126. The zero-order chi connectivity index (χ0) is 22.5. The number of hydrogen-bond acceptors (Lipinski definition) is 3. The predicted octanol–water partition coefficient (Wildman–Crippen LogP) is 5.08. The van der Waals surface area contributed by atoms with E-state index in [4.69, 9.17) is 23.2 Å². The molecule has 0 aliphatic carbocycles. The maximum absolute atomic E-state index is 12.9. The Morgan fingerprint density at radius 1 is 1.09 bits per heavy atom. The van der Waals surface area contributed by atoms with Gasteiger partial charge in [-0.15, -0.1) is 0 Å². The Bertz CT molecular complexity index is 1080. The summed E-state index contributed by atoms with van der Waals surface area (Å²) in [7, 11) is 0. The van der Waals surface area contributed by atoms with Crippen molar-refractivity contribution in [3.63, 3.8) is 0 Å². The minimum atomic E-state index is 0.00306. The summed E-state index contributed by atoms with van der Waals surface area (Å²) in [5.74, 6) is 1.12. The van der Waals surface area contributed by atoms with Gasteiger partial charge in [0.25, 0.3) is 0 Å². The molecule has 0 radical (unpaired) electrons. The van der Waals surface area contributed by atoms with Crippen LogP contribution in [-0.2, 0) is 24.4 Å². The number of aryl methyl sites for hydroxylation is 1. The molecule has 0 bridgehead atoms. The summed E-state index contributed by atoms with van der Waals surface area (Å²) < 4.78 is 2.11. The van der Waals surface area contributed by atoms with Gasteiger partial charge >= 0.3 is 0 Å². The van der Waals surface area contributed by atoms with Gasteiger partial charge in [-0.2, -0.15) is 0 Å². The summed E-state index contributed by atoms with van der Waals surface area (Å²) in [6, 6.07) is 14.1. The van der Waals surface area contributed by atoms with E-state index < -0.39 is 0 Å². The van der Waals surface area contributed by atoms with Gasteiger partial charge in [-0.3, -0.25) is 9.69 Å². The molecule has 0 saturated carbocycles. The zero-order valence-corrected chi connectivity index (χ0v) is 19.7. The van der Waals surface area contributed by atoms with Crippen LogP contribution in [0.2, 0.25) is 10.0 Å². The van der Waals surface area contributed by atoms with E-state index in [-0.39, 0.29) is 11.8 Å². The van der Waals surface area contributed by atoms with Crippen LogP contribution < -0.4 is 5.32 Å². The monoisotopic (exact) mass is 470 g/mol. The van der Waals surface area contributed by atoms with Crippen molar-refractivity contribution in [1.29, 1.82) is 0 Å². The van der Waals surface area contributed by atoms with E-state index in [1.165, 1.54) is 5.56 Å². The van der Waals surface area contributed by atoms with Gasteiger partial charge in [-0.1, -0.05) is 53.5 Å². The van der Waals surface area contributed by atoms with E-state index in [9.17, 15) is 4.79 Å². The molecule has 1 atom stereocenters. The minimum absolute atomic E-state index is 0.00306. The summed E-state index contributed by atoms with van der Waals surface area (Å²) in [5, 5.41) is 4.28. The molecule has 1 N–H and O–H groups in total. The fraction of sp³-hybridized carbons (Fsp3) is 0.360. The molecule has 1 unspecified atom stereocenters. The molecule has 168 valence electrons. The SMILES string of the molecule is Cc1nccn1Cc1cccc(CNC(=O)C2CCCN(Cc3ccc(Cl)c(Cl)c3)C2)c1. The summed E-state index contributed by atoms with van der Waals surface area (Å²) >= 11 is 12.2. The molecule has 1 aliphatic heterocycles. The summed E-state index contributed by atoms with van der Waals surface area (Å²) in [5.41, 5.74) is 3.42. The van der Waals surface area contributed by atoms with Crippen molar-refractivity contribution in [3.8, 4) is 0 Å². The fourth-order valence-electron chi connectivity index (χ4n) is 4.25. The lowest BCUT2D eigenvalue weighted by Crippen LogP contribution is -2.42. The number of amides is 1. The largest absolute Gasteiger partial charge is 0.352 e. The number of aromatic nitrogens is 2. The fourth-order valence-corrected chi connectivity index (χ4v) is 4.57. The third-order valence-corrected chi connectivity index (χ3v) is 6.74. The molecule has 2 aromatic carbocycles. The number of rotatable bonds is 7. The van der Waals surface area contributed by atoms with Crippen LogP contribution in [0.4, 0.5) is 0 Å². The van der Waals surface area contributed by atoms with Crippen molar-refractivity contribution in [2.75, 3.05) is 13.1 Å². The number of carbonyl (C=O) groups excluding carboxylic acids is 1. The quantitative estimate of drug-likeness (QED) is 0.523. The van der Waals surface area contributed by atoms with Crippen LogP contribution in [0.15, 0.2) is 54.9 Å². The number of halogens is 2. The molecule has 2 heterocycles. The Hall–Kier alpha value is -2.34. The summed E-state index contributed by atoms with van der Waals surface area (Å²) in [6.45, 7) is 5.83. The van der Waals surface area contributed by atoms with Crippen molar-refractivity contribution in [2.24, 2.45) is 5.92 Å². The summed E-state index contributed by atoms with van der Waals surface area (Å²) in [6.07, 6.45) is 5.73. The van der Waals surface area contributed by atoms with Gasteiger partial charge in [0.05, 0.1) is 16.0 Å². The average molecular weight is 471 g/mol. The highest BCUT2D eigenvalue weighted by molar-refractivity contribution is 6.42. The molecule has 1 aliphatic rings. The first-order valence-electron chi connectivity index (χ1n) is 11.0. The Morgan fingerprint density at radius 3 is 2.69 bits per heavy atom. The molecule has 4 rings (SSSR count). The number of nitrogens with zero attached hydrogens (tertiary/aromatic N) is 3. The van der Waals surface area contributed by atoms with Gasteiger partial charge in [0.1, 0.15) is 5.82 Å². The van der Waals surface area contributed by atoms with Crippen molar-refractivity contribution in [2.45, 2.75) is 39.4 Å². The van der Waals surface area contributed by atoms with E-state index in [0.29, 0.717) is 16.6 Å². The molecular weight excluding hydrogens is 443 g/mol. The lowest BCUT2D eigenvalue weighted by atomic mass is 9.96. The number of piperidine rings is 1. The van der Waals surface area contributed by atoms with Crippen LogP contribution in [0.3, 0.4) is 0 Å². The number of imidazole rings is 1.